The molecule has 126 valence electrons. The molecule has 0 aromatic heterocycles. The molecule has 2 aromatic rings. The molecule has 0 heterocycles. The number of rotatable bonds is 6. The van der Waals surface area contributed by atoms with E-state index in [1.807, 2.05) is 0 Å². The molecular weight excluding hydrogens is 310 g/mol. The number of amides is 1. The molecule has 0 atom stereocenters. The number of benzene rings is 2. The molecule has 0 bridgehead atoms. The minimum absolute atomic E-state index is 0.349. The molecule has 0 aliphatic carbocycles. The second kappa shape index (κ2) is 7.87. The molecule has 0 aliphatic heterocycles. The fourth-order valence-electron chi connectivity index (χ4n) is 2.01. The summed E-state index contributed by atoms with van der Waals surface area (Å²) in [6.45, 7) is 0. The molecule has 0 unspecified atom stereocenters. The molecular formula is C17H19N3O4. The molecule has 0 saturated heterocycles. The van der Waals surface area contributed by atoms with Gasteiger partial charge in [-0.1, -0.05) is 0 Å². The van der Waals surface area contributed by atoms with E-state index in [1.54, 1.807) is 43.5 Å². The number of nitrogens with two attached hydrogens (primary N) is 1. The Labute approximate surface area is 140 Å². The van der Waals surface area contributed by atoms with Crippen molar-refractivity contribution in [2.75, 3.05) is 27.1 Å². The summed E-state index contributed by atoms with van der Waals surface area (Å²) >= 11 is 0. The predicted molar refractivity (Wildman–Crippen MR) is 92.0 cm³/mol. The first kappa shape index (κ1) is 17.1. The van der Waals surface area contributed by atoms with Crippen LogP contribution in [0.3, 0.4) is 0 Å². The van der Waals surface area contributed by atoms with Gasteiger partial charge in [0.1, 0.15) is 17.2 Å². The van der Waals surface area contributed by atoms with Crippen LogP contribution in [-0.2, 0) is 0 Å². The molecule has 0 aliphatic rings. The van der Waals surface area contributed by atoms with Crippen LogP contribution in [0.5, 0.6) is 17.2 Å². The Balaban J connectivity index is 2.19. The van der Waals surface area contributed by atoms with Crippen LogP contribution < -0.4 is 25.4 Å². The first-order valence-electron chi connectivity index (χ1n) is 7.08. The monoisotopic (exact) mass is 329 g/mol. The van der Waals surface area contributed by atoms with Crippen molar-refractivity contribution in [1.82, 2.24) is 5.43 Å². The Morgan fingerprint density at radius 2 is 1.62 bits per heavy atom. The molecule has 2 rings (SSSR count). The largest absolute Gasteiger partial charge is 0.496 e. The fourth-order valence-corrected chi connectivity index (χ4v) is 2.01. The minimum atomic E-state index is -0.349. The second-order valence-corrected chi connectivity index (χ2v) is 4.77. The Morgan fingerprint density at radius 1 is 1.04 bits per heavy atom. The lowest BCUT2D eigenvalue weighted by Gasteiger charge is -2.12. The van der Waals surface area contributed by atoms with E-state index in [-0.39, 0.29) is 5.91 Å². The SMILES string of the molecule is COc1cc(OC)c(/C=N\NC(=O)c2ccc(N)cc2)c(OC)c1. The van der Waals surface area contributed by atoms with Gasteiger partial charge in [-0.15, -0.1) is 0 Å². The predicted octanol–water partition coefficient (Wildman–Crippen LogP) is 2.06. The van der Waals surface area contributed by atoms with Crippen LogP contribution in [0, 0.1) is 0 Å². The lowest BCUT2D eigenvalue weighted by atomic mass is 10.2. The van der Waals surface area contributed by atoms with Gasteiger partial charge in [0, 0.05) is 23.4 Å². The van der Waals surface area contributed by atoms with Crippen molar-refractivity contribution in [1.29, 1.82) is 0 Å². The maximum atomic E-state index is 12.0. The molecule has 1 amide bonds. The lowest BCUT2D eigenvalue weighted by Crippen LogP contribution is -2.17. The van der Waals surface area contributed by atoms with Crippen LogP contribution in [0.4, 0.5) is 5.69 Å². The highest BCUT2D eigenvalue weighted by Gasteiger charge is 2.11. The molecule has 3 N–H and O–H groups in total. The van der Waals surface area contributed by atoms with Crippen LogP contribution >= 0.6 is 0 Å². The normalized spacial score (nSPS) is 10.5. The number of hydrogen-bond acceptors (Lipinski definition) is 6. The summed E-state index contributed by atoms with van der Waals surface area (Å²) in [6.07, 6.45) is 1.45. The quantitative estimate of drug-likeness (QED) is 0.480. The van der Waals surface area contributed by atoms with Crippen molar-refractivity contribution < 1.29 is 19.0 Å². The Bertz CT molecular complexity index is 717. The Kier molecular flexibility index (Phi) is 5.62. The summed E-state index contributed by atoms with van der Waals surface area (Å²) in [6, 6.07) is 9.93. The van der Waals surface area contributed by atoms with Crippen molar-refractivity contribution in [3.8, 4) is 17.2 Å². The van der Waals surface area contributed by atoms with Crippen LogP contribution in [0.25, 0.3) is 0 Å². The Hall–Kier alpha value is -3.22. The maximum Gasteiger partial charge on any atom is 0.271 e. The highest BCUT2D eigenvalue weighted by molar-refractivity contribution is 5.95. The number of anilines is 1. The van der Waals surface area contributed by atoms with Crippen molar-refractivity contribution in [2.45, 2.75) is 0 Å². The molecule has 24 heavy (non-hydrogen) atoms. The highest BCUT2D eigenvalue weighted by Crippen LogP contribution is 2.32. The lowest BCUT2D eigenvalue weighted by molar-refractivity contribution is 0.0955. The topological polar surface area (TPSA) is 95.2 Å². The van der Waals surface area contributed by atoms with E-state index in [1.165, 1.54) is 20.4 Å². The number of ether oxygens (including phenoxy) is 3. The van der Waals surface area contributed by atoms with Gasteiger partial charge in [-0.05, 0) is 24.3 Å². The zero-order chi connectivity index (χ0) is 17.5. The average Bonchev–Trinajstić information content (AvgIpc) is 2.61. The number of nitrogens with one attached hydrogen (secondary N) is 1. The Morgan fingerprint density at radius 3 is 2.12 bits per heavy atom. The molecule has 7 heteroatoms. The van der Waals surface area contributed by atoms with Gasteiger partial charge in [-0.25, -0.2) is 5.43 Å². The zero-order valence-corrected chi connectivity index (χ0v) is 13.7. The first-order chi connectivity index (χ1) is 11.6. The van der Waals surface area contributed by atoms with Crippen molar-refractivity contribution >= 4 is 17.8 Å². The summed E-state index contributed by atoms with van der Waals surface area (Å²) in [7, 11) is 4.60. The molecule has 0 radical (unpaired) electrons. The van der Waals surface area contributed by atoms with E-state index < -0.39 is 0 Å². The number of nitrogens with zero attached hydrogens (tertiary/aromatic N) is 1. The number of carbonyl (C=O) groups is 1. The van der Waals surface area contributed by atoms with Gasteiger partial charge < -0.3 is 19.9 Å². The summed E-state index contributed by atoms with van der Waals surface area (Å²) in [5.74, 6) is 1.26. The molecule has 0 spiro atoms. The fraction of sp³-hybridized carbons (Fsp3) is 0.176. The van der Waals surface area contributed by atoms with Gasteiger partial charge in [-0.2, -0.15) is 5.10 Å². The van der Waals surface area contributed by atoms with Crippen molar-refractivity contribution in [3.63, 3.8) is 0 Å². The molecule has 2 aromatic carbocycles. The van der Waals surface area contributed by atoms with Gasteiger partial charge in [-0.3, -0.25) is 4.79 Å². The van der Waals surface area contributed by atoms with Crippen LogP contribution in [-0.4, -0.2) is 33.5 Å². The van der Waals surface area contributed by atoms with Gasteiger partial charge in [0.25, 0.3) is 5.91 Å². The third-order valence-electron chi connectivity index (χ3n) is 3.29. The van der Waals surface area contributed by atoms with Gasteiger partial charge in [0.15, 0.2) is 0 Å². The summed E-state index contributed by atoms with van der Waals surface area (Å²) in [4.78, 5) is 12.0. The van der Waals surface area contributed by atoms with E-state index in [0.29, 0.717) is 34.1 Å². The number of hydrogen-bond donors (Lipinski definition) is 2. The van der Waals surface area contributed by atoms with Gasteiger partial charge in [0.2, 0.25) is 0 Å². The van der Waals surface area contributed by atoms with Crippen molar-refractivity contribution in [3.05, 3.63) is 47.5 Å². The van der Waals surface area contributed by atoms with Crippen LogP contribution in [0.1, 0.15) is 15.9 Å². The number of nitrogen functional groups attached to an aromatic ring is 1. The van der Waals surface area contributed by atoms with E-state index >= 15 is 0 Å². The zero-order valence-electron chi connectivity index (χ0n) is 13.7. The van der Waals surface area contributed by atoms with E-state index in [0.717, 1.165) is 0 Å². The molecule has 0 fully saturated rings. The minimum Gasteiger partial charge on any atom is -0.496 e. The molecule has 7 nitrogen and oxygen atoms in total. The van der Waals surface area contributed by atoms with Crippen molar-refractivity contribution in [2.24, 2.45) is 5.10 Å². The average molecular weight is 329 g/mol. The van der Waals surface area contributed by atoms with Crippen LogP contribution in [0.2, 0.25) is 0 Å². The summed E-state index contributed by atoms with van der Waals surface area (Å²) < 4.78 is 15.8. The van der Waals surface area contributed by atoms with E-state index in [9.17, 15) is 4.79 Å². The number of carbonyl (C=O) groups excluding carboxylic acids is 1. The van der Waals surface area contributed by atoms with E-state index in [4.69, 9.17) is 19.9 Å². The first-order valence-corrected chi connectivity index (χ1v) is 7.08. The van der Waals surface area contributed by atoms with E-state index in [2.05, 4.69) is 10.5 Å². The second-order valence-electron chi connectivity index (χ2n) is 4.77. The summed E-state index contributed by atoms with van der Waals surface area (Å²) in [5, 5.41) is 3.96. The highest BCUT2D eigenvalue weighted by atomic mass is 16.5. The van der Waals surface area contributed by atoms with Crippen LogP contribution in [0.15, 0.2) is 41.5 Å². The van der Waals surface area contributed by atoms with Gasteiger partial charge >= 0.3 is 0 Å². The smallest absolute Gasteiger partial charge is 0.271 e. The number of hydrazone groups is 1. The van der Waals surface area contributed by atoms with Gasteiger partial charge in [0.05, 0.1) is 33.1 Å². The third-order valence-corrected chi connectivity index (χ3v) is 3.29. The maximum absolute atomic E-state index is 12.0. The molecule has 0 saturated carbocycles. The summed E-state index contributed by atoms with van der Waals surface area (Å²) in [5.41, 5.74) is 9.66. The standard InChI is InChI=1S/C17H19N3O4/c1-22-13-8-15(23-2)14(16(9-13)24-3)10-19-20-17(21)11-4-6-12(18)7-5-11/h4-10H,18H2,1-3H3,(H,20,21)/b19-10-. The third kappa shape index (κ3) is 3.95. The number of methoxy groups -OCH3 is 3.